The van der Waals surface area contributed by atoms with E-state index in [0.717, 1.165) is 32.2 Å². The lowest BCUT2D eigenvalue weighted by Gasteiger charge is -2.31. The molecule has 1 fully saturated rings. The van der Waals surface area contributed by atoms with Gasteiger partial charge in [-0.05, 0) is 25.2 Å². The quantitative estimate of drug-likeness (QED) is 0.839. The van der Waals surface area contributed by atoms with Crippen LogP contribution in [0.1, 0.15) is 5.56 Å². The highest BCUT2D eigenvalue weighted by Crippen LogP contribution is 2.09. The maximum absolute atomic E-state index is 13.4. The maximum atomic E-state index is 13.4. The second-order valence-corrected chi connectivity index (χ2v) is 4.78. The molecule has 0 bridgehead atoms. The van der Waals surface area contributed by atoms with Crippen LogP contribution in [-0.2, 0) is 6.54 Å². The molecule has 2 rings (SSSR count). The number of hydrogen-bond acceptors (Lipinski definition) is 3. The summed E-state index contributed by atoms with van der Waals surface area (Å²) in [6.45, 7) is 4.09. The average Bonchev–Trinajstić information content (AvgIpc) is 2.34. The summed E-state index contributed by atoms with van der Waals surface area (Å²) in [6.07, 6.45) is 0. The molecule has 0 spiro atoms. The van der Waals surface area contributed by atoms with Gasteiger partial charge in [0.15, 0.2) is 0 Å². The van der Waals surface area contributed by atoms with E-state index in [4.69, 9.17) is 0 Å². The largest absolute Gasteiger partial charge is 0.311 e. The lowest BCUT2D eigenvalue weighted by molar-refractivity contribution is 0.235. The van der Waals surface area contributed by atoms with Crippen molar-refractivity contribution in [3.63, 3.8) is 0 Å². The fourth-order valence-corrected chi connectivity index (χ4v) is 2.19. The highest BCUT2D eigenvalue weighted by Gasteiger charge is 2.15. The Morgan fingerprint density at radius 1 is 1.44 bits per heavy atom. The first-order valence-corrected chi connectivity index (χ1v) is 6.22. The van der Waals surface area contributed by atoms with Crippen molar-refractivity contribution in [3.05, 3.63) is 35.4 Å². The molecule has 0 aliphatic carbocycles. The van der Waals surface area contributed by atoms with Crippen LogP contribution in [0.25, 0.3) is 0 Å². The van der Waals surface area contributed by atoms with E-state index in [9.17, 15) is 8.78 Å². The van der Waals surface area contributed by atoms with Crippen molar-refractivity contribution in [1.29, 1.82) is 0 Å². The topological polar surface area (TPSA) is 27.3 Å². The Kier molecular flexibility index (Phi) is 4.63. The predicted octanol–water partition coefficient (Wildman–Crippen LogP) is 0.958. The smallest absolute Gasteiger partial charge is 0.127 e. The molecule has 1 unspecified atom stereocenters. The lowest BCUT2D eigenvalue weighted by atomic mass is 10.2. The summed E-state index contributed by atoms with van der Waals surface area (Å²) in [5.41, 5.74) is 0.374. The fraction of sp³-hybridized carbons (Fsp3) is 0.538. The van der Waals surface area contributed by atoms with Gasteiger partial charge in [-0.3, -0.25) is 0 Å². The molecule has 0 amide bonds. The Labute approximate surface area is 106 Å². The zero-order chi connectivity index (χ0) is 13.0. The summed E-state index contributed by atoms with van der Waals surface area (Å²) in [5, 5.41) is 6.55. The van der Waals surface area contributed by atoms with Crippen LogP contribution in [0.3, 0.4) is 0 Å². The second kappa shape index (κ2) is 6.22. The number of rotatable bonds is 4. The summed E-state index contributed by atoms with van der Waals surface area (Å²) in [7, 11) is 2.08. The van der Waals surface area contributed by atoms with E-state index >= 15 is 0 Å². The lowest BCUT2D eigenvalue weighted by Crippen LogP contribution is -2.53. The van der Waals surface area contributed by atoms with Crippen LogP contribution in [0.4, 0.5) is 8.78 Å². The summed E-state index contributed by atoms with van der Waals surface area (Å²) in [6, 6.07) is 3.90. The monoisotopic (exact) mass is 255 g/mol. The Hall–Kier alpha value is -1.04. The molecule has 100 valence electrons. The van der Waals surface area contributed by atoms with Gasteiger partial charge in [0.1, 0.15) is 11.6 Å². The van der Waals surface area contributed by atoms with E-state index in [1.807, 2.05) is 0 Å². The maximum Gasteiger partial charge on any atom is 0.127 e. The Balaban J connectivity index is 1.79. The molecule has 0 radical (unpaired) electrons. The number of benzene rings is 1. The van der Waals surface area contributed by atoms with Gasteiger partial charge in [-0.15, -0.1) is 0 Å². The van der Waals surface area contributed by atoms with Gasteiger partial charge in [-0.25, -0.2) is 8.78 Å². The summed E-state index contributed by atoms with van der Waals surface area (Å²) >= 11 is 0. The summed E-state index contributed by atoms with van der Waals surface area (Å²) < 4.78 is 26.3. The molecule has 3 nitrogen and oxygen atoms in total. The molecule has 0 aromatic heterocycles. The summed E-state index contributed by atoms with van der Waals surface area (Å²) in [5.74, 6) is -0.763. The van der Waals surface area contributed by atoms with Crippen LogP contribution in [0.2, 0.25) is 0 Å². The van der Waals surface area contributed by atoms with E-state index in [2.05, 4.69) is 22.6 Å². The number of piperazine rings is 1. The second-order valence-electron chi connectivity index (χ2n) is 4.78. The van der Waals surface area contributed by atoms with Crippen molar-refractivity contribution >= 4 is 0 Å². The predicted molar refractivity (Wildman–Crippen MR) is 67.4 cm³/mol. The third-order valence-corrected chi connectivity index (χ3v) is 3.17. The molecule has 1 aliphatic heterocycles. The third-order valence-electron chi connectivity index (χ3n) is 3.17. The van der Waals surface area contributed by atoms with Gasteiger partial charge in [-0.2, -0.15) is 0 Å². The van der Waals surface area contributed by atoms with E-state index < -0.39 is 5.82 Å². The molecule has 5 heteroatoms. The standard InChI is InChI=1S/C13H19F2N3/c1-18-5-4-17-12(9-18)8-16-7-10-6-11(14)2-3-13(10)15/h2-3,6,12,16-17H,4-5,7-9H2,1H3. The minimum Gasteiger partial charge on any atom is -0.311 e. The molecule has 1 aromatic carbocycles. The van der Waals surface area contributed by atoms with Gasteiger partial charge in [0.05, 0.1) is 0 Å². The zero-order valence-corrected chi connectivity index (χ0v) is 10.5. The minimum absolute atomic E-state index is 0.353. The molecule has 1 heterocycles. The van der Waals surface area contributed by atoms with Crippen molar-refractivity contribution < 1.29 is 8.78 Å². The minimum atomic E-state index is -0.399. The van der Waals surface area contributed by atoms with Crippen LogP contribution in [0.5, 0.6) is 0 Å². The Morgan fingerprint density at radius 3 is 3.06 bits per heavy atom. The number of nitrogens with zero attached hydrogens (tertiary/aromatic N) is 1. The fourth-order valence-electron chi connectivity index (χ4n) is 2.19. The normalized spacial score (nSPS) is 21.2. The van der Waals surface area contributed by atoms with Crippen LogP contribution >= 0.6 is 0 Å². The van der Waals surface area contributed by atoms with Crippen LogP contribution < -0.4 is 10.6 Å². The van der Waals surface area contributed by atoms with Gasteiger partial charge in [0, 0.05) is 44.3 Å². The number of nitrogens with one attached hydrogen (secondary N) is 2. The number of halogens is 2. The van der Waals surface area contributed by atoms with Crippen LogP contribution in [0.15, 0.2) is 18.2 Å². The third kappa shape index (κ3) is 3.73. The number of likely N-dealkylation sites (N-methyl/N-ethyl adjacent to an activating group) is 1. The zero-order valence-electron chi connectivity index (χ0n) is 10.5. The Bertz CT molecular complexity index is 398. The van der Waals surface area contributed by atoms with Crippen molar-refractivity contribution in [2.24, 2.45) is 0 Å². The van der Waals surface area contributed by atoms with E-state index in [0.29, 0.717) is 18.2 Å². The molecule has 1 aliphatic rings. The molecular weight excluding hydrogens is 236 g/mol. The van der Waals surface area contributed by atoms with E-state index in [1.165, 1.54) is 12.1 Å². The molecule has 1 atom stereocenters. The first kappa shape index (κ1) is 13.4. The average molecular weight is 255 g/mol. The van der Waals surface area contributed by atoms with Crippen molar-refractivity contribution in [2.45, 2.75) is 12.6 Å². The molecule has 1 saturated heterocycles. The highest BCUT2D eigenvalue weighted by molar-refractivity contribution is 5.18. The first-order valence-electron chi connectivity index (χ1n) is 6.22. The van der Waals surface area contributed by atoms with E-state index in [1.54, 1.807) is 0 Å². The van der Waals surface area contributed by atoms with Gasteiger partial charge in [0.25, 0.3) is 0 Å². The SMILES string of the molecule is CN1CCNC(CNCc2cc(F)ccc2F)C1. The Morgan fingerprint density at radius 2 is 2.28 bits per heavy atom. The number of hydrogen-bond donors (Lipinski definition) is 2. The van der Waals surface area contributed by atoms with Crippen LogP contribution in [-0.4, -0.2) is 44.2 Å². The molecule has 2 N–H and O–H groups in total. The molecular formula is C13H19F2N3. The van der Waals surface area contributed by atoms with Gasteiger partial charge < -0.3 is 15.5 Å². The molecule has 1 aromatic rings. The van der Waals surface area contributed by atoms with Gasteiger partial charge >= 0.3 is 0 Å². The van der Waals surface area contributed by atoms with E-state index in [-0.39, 0.29) is 5.82 Å². The highest BCUT2D eigenvalue weighted by atomic mass is 19.1. The van der Waals surface area contributed by atoms with Gasteiger partial charge in [-0.1, -0.05) is 0 Å². The van der Waals surface area contributed by atoms with Crippen molar-refractivity contribution in [2.75, 3.05) is 33.2 Å². The summed E-state index contributed by atoms with van der Waals surface area (Å²) in [4.78, 5) is 2.26. The van der Waals surface area contributed by atoms with Crippen molar-refractivity contribution in [3.8, 4) is 0 Å². The first-order chi connectivity index (χ1) is 8.65. The van der Waals surface area contributed by atoms with Gasteiger partial charge in [0.2, 0.25) is 0 Å². The van der Waals surface area contributed by atoms with Crippen molar-refractivity contribution in [1.82, 2.24) is 15.5 Å². The molecule has 18 heavy (non-hydrogen) atoms. The molecule has 0 saturated carbocycles. The van der Waals surface area contributed by atoms with Crippen LogP contribution in [0, 0.1) is 11.6 Å².